The summed E-state index contributed by atoms with van der Waals surface area (Å²) in [4.78, 5) is 2.11. The van der Waals surface area contributed by atoms with Crippen LogP contribution in [0.15, 0.2) is 38.8 Å². The number of nitrogens with zero attached hydrogens (tertiary/aromatic N) is 1. The fourth-order valence-corrected chi connectivity index (χ4v) is 8.21. The summed E-state index contributed by atoms with van der Waals surface area (Å²) in [6, 6.07) is 7.80. The number of rotatable bonds is 5. The minimum absolute atomic E-state index is 0.0324. The van der Waals surface area contributed by atoms with Gasteiger partial charge < -0.3 is 4.90 Å². The SMILES string of the molecule is CC1(C)CCN(c2c(Cl)cccc2NS(=O)(=O)c2ccc(S(=O)(=O)C(C)(C)C)s2)CC1. The molecule has 0 bridgehead atoms. The summed E-state index contributed by atoms with van der Waals surface area (Å²) in [5.41, 5.74) is 1.28. The molecule has 1 aliphatic heterocycles. The molecule has 0 unspecified atom stereocenters. The van der Waals surface area contributed by atoms with Gasteiger partial charge in [0.05, 0.1) is 21.1 Å². The van der Waals surface area contributed by atoms with Crippen LogP contribution in [0.4, 0.5) is 11.4 Å². The van der Waals surface area contributed by atoms with Crippen molar-refractivity contribution >= 4 is 54.2 Å². The zero-order chi connectivity index (χ0) is 23.2. The zero-order valence-electron chi connectivity index (χ0n) is 18.4. The number of hydrogen-bond donors (Lipinski definition) is 1. The number of benzene rings is 1. The Morgan fingerprint density at radius 3 is 2.16 bits per heavy atom. The van der Waals surface area contributed by atoms with E-state index in [1.54, 1.807) is 39.0 Å². The van der Waals surface area contributed by atoms with Crippen LogP contribution in [0.5, 0.6) is 0 Å². The van der Waals surface area contributed by atoms with Gasteiger partial charge in [-0.2, -0.15) is 0 Å². The zero-order valence-corrected chi connectivity index (χ0v) is 21.6. The van der Waals surface area contributed by atoms with E-state index in [0.29, 0.717) is 16.4 Å². The van der Waals surface area contributed by atoms with Crippen molar-refractivity contribution in [3.05, 3.63) is 35.4 Å². The van der Waals surface area contributed by atoms with Gasteiger partial charge in [0.25, 0.3) is 10.0 Å². The fraction of sp³-hybridized carbons (Fsp3) is 0.524. The molecule has 10 heteroatoms. The van der Waals surface area contributed by atoms with Gasteiger partial charge in [0.1, 0.15) is 8.42 Å². The second-order valence-corrected chi connectivity index (χ2v) is 15.9. The predicted octanol–water partition coefficient (Wildman–Crippen LogP) is 5.40. The third-order valence-electron chi connectivity index (χ3n) is 5.56. The van der Waals surface area contributed by atoms with Gasteiger partial charge in [-0.05, 0) is 63.3 Å². The van der Waals surface area contributed by atoms with Gasteiger partial charge in [-0.3, -0.25) is 4.72 Å². The first-order valence-corrected chi connectivity index (χ1v) is 14.2. The highest BCUT2D eigenvalue weighted by molar-refractivity contribution is 7.97. The molecule has 0 aliphatic carbocycles. The topological polar surface area (TPSA) is 83.6 Å². The van der Waals surface area contributed by atoms with E-state index >= 15 is 0 Å². The van der Waals surface area contributed by atoms with E-state index in [2.05, 4.69) is 23.5 Å². The number of sulfonamides is 1. The summed E-state index contributed by atoms with van der Waals surface area (Å²) in [6.07, 6.45) is 1.95. The number of piperidine rings is 1. The molecule has 2 heterocycles. The molecule has 3 rings (SSSR count). The first kappa shape index (κ1) is 24.4. The summed E-state index contributed by atoms with van der Waals surface area (Å²) >= 11 is 7.22. The van der Waals surface area contributed by atoms with Crippen LogP contribution in [0, 0.1) is 5.41 Å². The van der Waals surface area contributed by atoms with Gasteiger partial charge in [0.2, 0.25) is 0 Å². The molecule has 31 heavy (non-hydrogen) atoms. The van der Waals surface area contributed by atoms with Gasteiger partial charge in [-0.15, -0.1) is 11.3 Å². The van der Waals surface area contributed by atoms with Crippen LogP contribution in [-0.2, 0) is 19.9 Å². The van der Waals surface area contributed by atoms with E-state index in [1.165, 1.54) is 12.1 Å². The van der Waals surface area contributed by atoms with Crippen LogP contribution >= 0.6 is 22.9 Å². The Bertz CT molecular complexity index is 1170. The molecular formula is C21H29ClN2O4S3. The number of anilines is 2. The fourth-order valence-electron chi connectivity index (χ4n) is 3.34. The van der Waals surface area contributed by atoms with Gasteiger partial charge in [-0.1, -0.05) is 31.5 Å². The average Bonchev–Trinajstić information content (AvgIpc) is 3.13. The van der Waals surface area contributed by atoms with Crippen LogP contribution < -0.4 is 9.62 Å². The number of para-hydroxylation sites is 1. The smallest absolute Gasteiger partial charge is 0.271 e. The highest BCUT2D eigenvalue weighted by Crippen LogP contribution is 2.40. The van der Waals surface area contributed by atoms with Crippen LogP contribution in [0.25, 0.3) is 0 Å². The van der Waals surface area contributed by atoms with E-state index < -0.39 is 24.6 Å². The third-order valence-corrected chi connectivity index (χ3v) is 11.8. The second-order valence-electron chi connectivity index (χ2n) is 9.58. The maximum absolute atomic E-state index is 13.1. The van der Waals surface area contributed by atoms with Crippen molar-refractivity contribution in [2.24, 2.45) is 5.41 Å². The van der Waals surface area contributed by atoms with Crippen LogP contribution in [0.1, 0.15) is 47.5 Å². The van der Waals surface area contributed by atoms with Crippen LogP contribution in [-0.4, -0.2) is 34.7 Å². The first-order valence-electron chi connectivity index (χ1n) is 10.0. The summed E-state index contributed by atoms with van der Waals surface area (Å²) in [7, 11) is -7.62. The van der Waals surface area contributed by atoms with Crippen molar-refractivity contribution in [3.8, 4) is 0 Å². The molecule has 2 aromatic rings. The molecule has 1 fully saturated rings. The lowest BCUT2D eigenvalue weighted by Crippen LogP contribution is -2.38. The van der Waals surface area contributed by atoms with Crippen molar-refractivity contribution in [2.45, 2.75) is 60.6 Å². The summed E-state index contributed by atoms with van der Waals surface area (Å²) in [5.74, 6) is 0. The molecule has 0 spiro atoms. The molecule has 172 valence electrons. The second kappa shape index (κ2) is 8.24. The van der Waals surface area contributed by atoms with Crippen LogP contribution in [0.3, 0.4) is 0 Å². The van der Waals surface area contributed by atoms with Crippen molar-refractivity contribution in [1.29, 1.82) is 0 Å². The molecule has 0 saturated carbocycles. The maximum atomic E-state index is 13.1. The lowest BCUT2D eigenvalue weighted by molar-refractivity contribution is 0.280. The Balaban J connectivity index is 1.92. The van der Waals surface area contributed by atoms with Gasteiger partial charge in [-0.25, -0.2) is 16.8 Å². The lowest BCUT2D eigenvalue weighted by atomic mass is 9.82. The summed E-state index contributed by atoms with van der Waals surface area (Å²) < 4.78 is 53.1. The molecular weight excluding hydrogens is 476 g/mol. The molecule has 1 aliphatic rings. The molecule has 0 atom stereocenters. The minimum atomic E-state index is -3.98. The summed E-state index contributed by atoms with van der Waals surface area (Å²) in [5, 5.41) is 0.474. The number of halogens is 1. The van der Waals surface area contributed by atoms with E-state index in [0.717, 1.165) is 37.3 Å². The lowest BCUT2D eigenvalue weighted by Gasteiger charge is -2.39. The van der Waals surface area contributed by atoms with E-state index in [1.807, 2.05) is 0 Å². The average molecular weight is 505 g/mol. The number of sulfone groups is 1. The van der Waals surface area contributed by atoms with Gasteiger partial charge in [0.15, 0.2) is 9.84 Å². The molecule has 1 N–H and O–H groups in total. The quantitative estimate of drug-likeness (QED) is 0.589. The van der Waals surface area contributed by atoms with E-state index in [-0.39, 0.29) is 13.8 Å². The highest BCUT2D eigenvalue weighted by Gasteiger charge is 2.34. The normalized spacial score (nSPS) is 17.5. The van der Waals surface area contributed by atoms with E-state index in [4.69, 9.17) is 11.6 Å². The van der Waals surface area contributed by atoms with Crippen molar-refractivity contribution in [3.63, 3.8) is 0 Å². The molecule has 1 aromatic carbocycles. The Morgan fingerprint density at radius 1 is 1.00 bits per heavy atom. The Kier molecular flexibility index (Phi) is 6.48. The predicted molar refractivity (Wildman–Crippen MR) is 129 cm³/mol. The number of hydrogen-bond acceptors (Lipinski definition) is 6. The molecule has 0 radical (unpaired) electrons. The van der Waals surface area contributed by atoms with Crippen molar-refractivity contribution in [1.82, 2.24) is 0 Å². The van der Waals surface area contributed by atoms with Crippen LogP contribution in [0.2, 0.25) is 5.02 Å². The molecule has 6 nitrogen and oxygen atoms in total. The molecule has 1 saturated heterocycles. The third kappa shape index (κ3) is 5.05. The van der Waals surface area contributed by atoms with Crippen molar-refractivity contribution < 1.29 is 16.8 Å². The van der Waals surface area contributed by atoms with Gasteiger partial charge >= 0.3 is 0 Å². The summed E-state index contributed by atoms with van der Waals surface area (Å²) in [6.45, 7) is 10.8. The Hall–Kier alpha value is -1.29. The largest absolute Gasteiger partial charge is 0.369 e. The van der Waals surface area contributed by atoms with Gasteiger partial charge in [0, 0.05) is 13.1 Å². The highest BCUT2D eigenvalue weighted by atomic mass is 35.5. The number of nitrogens with one attached hydrogen (secondary N) is 1. The minimum Gasteiger partial charge on any atom is -0.369 e. The monoisotopic (exact) mass is 504 g/mol. The Morgan fingerprint density at radius 2 is 1.58 bits per heavy atom. The molecule has 0 amide bonds. The maximum Gasteiger partial charge on any atom is 0.271 e. The molecule has 1 aromatic heterocycles. The standard InChI is InChI=1S/C21H29ClN2O4S3/c1-20(2,3)30(25,26)17-9-10-18(29-17)31(27,28)23-16-8-6-7-15(22)19(16)24-13-11-21(4,5)12-14-24/h6-10,23H,11-14H2,1-5H3. The number of thiophene rings is 1. The Labute approximate surface area is 194 Å². The first-order chi connectivity index (χ1) is 14.1. The van der Waals surface area contributed by atoms with Crippen molar-refractivity contribution in [2.75, 3.05) is 22.7 Å². The van der Waals surface area contributed by atoms with E-state index in [9.17, 15) is 16.8 Å².